The SMILES string of the molecule is CC1(C)OCC(Cc2cccc(B3OC(C)(C)C(C)(C)O3)c2)O1. The lowest BCUT2D eigenvalue weighted by atomic mass is 9.78. The Morgan fingerprint density at radius 1 is 1.04 bits per heavy atom. The van der Waals surface area contributed by atoms with E-state index in [2.05, 4.69) is 52.0 Å². The van der Waals surface area contributed by atoms with E-state index in [4.69, 9.17) is 18.8 Å². The molecule has 1 atom stereocenters. The summed E-state index contributed by atoms with van der Waals surface area (Å²) >= 11 is 0. The molecule has 2 saturated heterocycles. The fraction of sp³-hybridized carbons (Fsp3) is 0.667. The maximum Gasteiger partial charge on any atom is 0.494 e. The van der Waals surface area contributed by atoms with Gasteiger partial charge >= 0.3 is 7.12 Å². The van der Waals surface area contributed by atoms with Gasteiger partial charge in [-0.15, -0.1) is 0 Å². The van der Waals surface area contributed by atoms with E-state index in [0.717, 1.165) is 11.9 Å². The number of ether oxygens (including phenoxy) is 2. The monoisotopic (exact) mass is 318 g/mol. The van der Waals surface area contributed by atoms with Crippen molar-refractivity contribution in [2.45, 2.75) is 71.1 Å². The first kappa shape index (κ1) is 17.0. The molecule has 0 saturated carbocycles. The Kier molecular flexibility index (Phi) is 4.12. The Bertz CT molecular complexity index is 566. The summed E-state index contributed by atoms with van der Waals surface area (Å²) in [4.78, 5) is 0. The zero-order chi connectivity index (χ0) is 16.9. The average molecular weight is 318 g/mol. The molecule has 4 nitrogen and oxygen atoms in total. The molecule has 0 aliphatic carbocycles. The second kappa shape index (κ2) is 5.59. The van der Waals surface area contributed by atoms with Crippen LogP contribution >= 0.6 is 0 Å². The van der Waals surface area contributed by atoms with Crippen LogP contribution in [0.3, 0.4) is 0 Å². The molecule has 3 rings (SSSR count). The van der Waals surface area contributed by atoms with Crippen molar-refractivity contribution in [1.29, 1.82) is 0 Å². The van der Waals surface area contributed by atoms with E-state index in [0.29, 0.717) is 6.61 Å². The van der Waals surface area contributed by atoms with Gasteiger partial charge in [0.25, 0.3) is 0 Å². The molecule has 0 N–H and O–H groups in total. The van der Waals surface area contributed by atoms with Crippen molar-refractivity contribution < 1.29 is 18.8 Å². The smallest absolute Gasteiger partial charge is 0.399 e. The van der Waals surface area contributed by atoms with Gasteiger partial charge in [-0.25, -0.2) is 0 Å². The Morgan fingerprint density at radius 3 is 2.26 bits per heavy atom. The topological polar surface area (TPSA) is 36.9 Å². The fourth-order valence-corrected chi connectivity index (χ4v) is 2.97. The number of hydrogen-bond donors (Lipinski definition) is 0. The molecule has 1 aromatic rings. The number of benzene rings is 1. The van der Waals surface area contributed by atoms with E-state index in [1.807, 2.05) is 13.8 Å². The van der Waals surface area contributed by atoms with Gasteiger partial charge in [0, 0.05) is 6.42 Å². The van der Waals surface area contributed by atoms with E-state index in [9.17, 15) is 0 Å². The zero-order valence-corrected chi connectivity index (χ0v) is 15.0. The van der Waals surface area contributed by atoms with E-state index in [1.54, 1.807) is 0 Å². The van der Waals surface area contributed by atoms with E-state index in [-0.39, 0.29) is 24.4 Å². The molecule has 0 bridgehead atoms. The van der Waals surface area contributed by atoms with Crippen molar-refractivity contribution in [1.82, 2.24) is 0 Å². The molecule has 2 heterocycles. The Morgan fingerprint density at radius 2 is 1.70 bits per heavy atom. The summed E-state index contributed by atoms with van der Waals surface area (Å²) in [6.45, 7) is 12.8. The minimum absolute atomic E-state index is 0.0959. The third kappa shape index (κ3) is 3.48. The molecule has 2 aliphatic rings. The molecule has 5 heteroatoms. The Balaban J connectivity index is 1.72. The van der Waals surface area contributed by atoms with Crippen LogP contribution < -0.4 is 5.46 Å². The van der Waals surface area contributed by atoms with Crippen molar-refractivity contribution in [3.05, 3.63) is 29.8 Å². The summed E-state index contributed by atoms with van der Waals surface area (Å²) in [6, 6.07) is 8.37. The van der Waals surface area contributed by atoms with Crippen LogP contribution in [-0.2, 0) is 25.2 Å². The first-order valence-electron chi connectivity index (χ1n) is 8.34. The highest BCUT2D eigenvalue weighted by Crippen LogP contribution is 2.36. The predicted octanol–water partition coefficient (Wildman–Crippen LogP) is 2.68. The normalized spacial score (nSPS) is 28.3. The average Bonchev–Trinajstić information content (AvgIpc) is 2.86. The second-order valence-corrected chi connectivity index (χ2v) is 7.99. The van der Waals surface area contributed by atoms with Crippen LogP contribution in [0.4, 0.5) is 0 Å². The van der Waals surface area contributed by atoms with E-state index >= 15 is 0 Å². The van der Waals surface area contributed by atoms with Crippen LogP contribution in [0.1, 0.15) is 47.1 Å². The largest absolute Gasteiger partial charge is 0.494 e. The van der Waals surface area contributed by atoms with Crippen LogP contribution in [0, 0.1) is 0 Å². The van der Waals surface area contributed by atoms with Gasteiger partial charge in [-0.2, -0.15) is 0 Å². The van der Waals surface area contributed by atoms with Gasteiger partial charge < -0.3 is 18.8 Å². The third-order valence-electron chi connectivity index (χ3n) is 5.01. The molecule has 2 aliphatic heterocycles. The summed E-state index contributed by atoms with van der Waals surface area (Å²) in [7, 11) is -0.322. The lowest BCUT2D eigenvalue weighted by molar-refractivity contribution is -0.138. The van der Waals surface area contributed by atoms with Gasteiger partial charge in [0.15, 0.2) is 5.79 Å². The molecule has 2 fully saturated rings. The highest BCUT2D eigenvalue weighted by molar-refractivity contribution is 6.62. The predicted molar refractivity (Wildman–Crippen MR) is 90.8 cm³/mol. The number of rotatable bonds is 3. The minimum atomic E-state index is -0.478. The molecule has 0 amide bonds. The molecule has 0 aromatic heterocycles. The summed E-state index contributed by atoms with van der Waals surface area (Å²) < 4.78 is 23.8. The molecular formula is C18H27BO4. The molecule has 1 unspecified atom stereocenters. The second-order valence-electron chi connectivity index (χ2n) is 7.99. The van der Waals surface area contributed by atoms with Gasteiger partial charge in [0.2, 0.25) is 0 Å². The van der Waals surface area contributed by atoms with Crippen molar-refractivity contribution in [3.8, 4) is 0 Å². The van der Waals surface area contributed by atoms with Gasteiger partial charge in [-0.3, -0.25) is 0 Å². The maximum atomic E-state index is 6.13. The standard InChI is InChI=1S/C18H27BO4/c1-16(2)17(3,4)23-19(22-16)14-9-7-8-13(10-14)11-15-12-20-18(5,6)21-15/h7-10,15H,11-12H2,1-6H3. The van der Waals surface area contributed by atoms with Gasteiger partial charge in [0.1, 0.15) is 0 Å². The van der Waals surface area contributed by atoms with Crippen LogP contribution in [0.2, 0.25) is 0 Å². The van der Waals surface area contributed by atoms with E-state index < -0.39 is 5.79 Å². The summed E-state index contributed by atoms with van der Waals surface area (Å²) in [5.74, 6) is -0.478. The lowest BCUT2D eigenvalue weighted by Crippen LogP contribution is -2.41. The van der Waals surface area contributed by atoms with Gasteiger partial charge in [-0.1, -0.05) is 24.3 Å². The third-order valence-corrected chi connectivity index (χ3v) is 5.01. The quantitative estimate of drug-likeness (QED) is 0.803. The van der Waals surface area contributed by atoms with Crippen molar-refractivity contribution in [3.63, 3.8) is 0 Å². The summed E-state index contributed by atoms with van der Waals surface area (Å²) in [6.07, 6.45) is 0.926. The minimum Gasteiger partial charge on any atom is -0.399 e. The zero-order valence-electron chi connectivity index (χ0n) is 15.0. The van der Waals surface area contributed by atoms with Crippen molar-refractivity contribution >= 4 is 12.6 Å². The van der Waals surface area contributed by atoms with Gasteiger partial charge in [-0.05, 0) is 52.6 Å². The summed E-state index contributed by atoms with van der Waals surface area (Å²) in [5, 5.41) is 0. The van der Waals surface area contributed by atoms with E-state index in [1.165, 1.54) is 5.56 Å². The van der Waals surface area contributed by atoms with Crippen molar-refractivity contribution in [2.24, 2.45) is 0 Å². The van der Waals surface area contributed by atoms with Crippen LogP contribution in [0.15, 0.2) is 24.3 Å². The first-order valence-corrected chi connectivity index (χ1v) is 8.34. The van der Waals surface area contributed by atoms with Crippen LogP contribution in [0.5, 0.6) is 0 Å². The molecule has 1 aromatic carbocycles. The van der Waals surface area contributed by atoms with Crippen LogP contribution in [-0.4, -0.2) is 36.8 Å². The van der Waals surface area contributed by atoms with Gasteiger partial charge in [0.05, 0.1) is 23.9 Å². The molecule has 0 radical (unpaired) electrons. The molecule has 126 valence electrons. The molecule has 23 heavy (non-hydrogen) atoms. The Hall–Kier alpha value is -0.875. The molecule has 0 spiro atoms. The number of hydrogen-bond acceptors (Lipinski definition) is 4. The lowest BCUT2D eigenvalue weighted by Gasteiger charge is -2.32. The highest BCUT2D eigenvalue weighted by atomic mass is 16.7. The molecular weight excluding hydrogens is 291 g/mol. The highest BCUT2D eigenvalue weighted by Gasteiger charge is 2.51. The van der Waals surface area contributed by atoms with Crippen molar-refractivity contribution in [2.75, 3.05) is 6.61 Å². The maximum absolute atomic E-state index is 6.13. The summed E-state index contributed by atoms with van der Waals surface area (Å²) in [5.41, 5.74) is 1.63. The fourth-order valence-electron chi connectivity index (χ4n) is 2.97. The first-order chi connectivity index (χ1) is 10.6. The Labute approximate surface area is 139 Å². The van der Waals surface area contributed by atoms with Crippen LogP contribution in [0.25, 0.3) is 0 Å².